The quantitative estimate of drug-likeness (QED) is 0.276. The summed E-state index contributed by atoms with van der Waals surface area (Å²) in [4.78, 5) is 22.9. The molecule has 11 heteroatoms. The molecule has 0 amide bonds. The smallest absolute Gasteiger partial charge is 0.382 e. The zero-order chi connectivity index (χ0) is 28.6. The van der Waals surface area contributed by atoms with Gasteiger partial charge >= 0.3 is 6.18 Å². The minimum Gasteiger partial charge on any atom is -0.382 e. The number of benzene rings is 2. The van der Waals surface area contributed by atoms with Crippen LogP contribution in [0.1, 0.15) is 25.3 Å². The number of fused-ring (bicyclic) bond motifs is 1. The summed E-state index contributed by atoms with van der Waals surface area (Å²) in [6.45, 7) is 9.35. The van der Waals surface area contributed by atoms with Crippen LogP contribution < -0.4 is 10.2 Å². The van der Waals surface area contributed by atoms with E-state index in [0.29, 0.717) is 18.2 Å². The summed E-state index contributed by atoms with van der Waals surface area (Å²) in [5.41, 5.74) is -0.489. The monoisotopic (exact) mass is 568 g/mol. The number of rotatable bonds is 8. The fourth-order valence-electron chi connectivity index (χ4n) is 6.34. The molecule has 0 bridgehead atoms. The second-order valence-corrected chi connectivity index (χ2v) is 11.4. The minimum atomic E-state index is -4.63. The summed E-state index contributed by atoms with van der Waals surface area (Å²) < 4.78 is 46.1. The highest BCUT2D eigenvalue weighted by atomic mass is 19.4. The minimum absolute atomic E-state index is 0.0465. The van der Waals surface area contributed by atoms with Crippen molar-refractivity contribution in [3.8, 4) is 0 Å². The standard InChI is InChI=1S/C30H35F3N6O2/c1-21(19-37-14-16-38(17-15-37)28-9-6-22-4-2-3-5-26(22)35-28)29(20-41-29)39-12-10-23(11-13-39)34-24-7-8-27(36-40)25(18-24)30(31,32)33/h2-9,18,21,23,34H,10-17,19-20H2,1H3. The predicted octanol–water partition coefficient (Wildman–Crippen LogP) is 5.71. The Morgan fingerprint density at radius 3 is 2.46 bits per heavy atom. The molecule has 2 atom stereocenters. The molecular formula is C30H35F3N6O2. The number of halogens is 3. The van der Waals surface area contributed by atoms with Crippen molar-refractivity contribution in [2.45, 2.75) is 37.7 Å². The highest BCUT2D eigenvalue weighted by Gasteiger charge is 2.55. The molecule has 6 rings (SSSR count). The number of likely N-dealkylation sites (tertiary alicyclic amines) is 1. The molecular weight excluding hydrogens is 533 g/mol. The number of nitroso groups, excluding NO2 is 1. The number of aromatic nitrogens is 1. The number of nitrogens with zero attached hydrogens (tertiary/aromatic N) is 5. The van der Waals surface area contributed by atoms with E-state index in [-0.39, 0.29) is 11.8 Å². The number of ether oxygens (including phenoxy) is 1. The zero-order valence-corrected chi connectivity index (χ0v) is 23.1. The molecule has 3 fully saturated rings. The number of piperazine rings is 1. The first kappa shape index (κ1) is 27.9. The van der Waals surface area contributed by atoms with Crippen molar-refractivity contribution >= 4 is 28.1 Å². The number of hydrogen-bond donors (Lipinski definition) is 1. The maximum atomic E-state index is 13.3. The zero-order valence-electron chi connectivity index (χ0n) is 23.1. The molecule has 1 aromatic heterocycles. The van der Waals surface area contributed by atoms with Gasteiger partial charge in [-0.3, -0.25) is 9.80 Å². The number of alkyl halides is 3. The third-order valence-corrected chi connectivity index (χ3v) is 8.82. The van der Waals surface area contributed by atoms with E-state index in [1.165, 1.54) is 6.07 Å². The van der Waals surface area contributed by atoms with Crippen molar-refractivity contribution in [3.05, 3.63) is 65.1 Å². The first-order valence-corrected chi connectivity index (χ1v) is 14.3. The van der Waals surface area contributed by atoms with Crippen molar-refractivity contribution in [1.82, 2.24) is 14.8 Å². The summed E-state index contributed by atoms with van der Waals surface area (Å²) in [7, 11) is 0. The molecule has 0 saturated carbocycles. The van der Waals surface area contributed by atoms with E-state index in [1.54, 1.807) is 0 Å². The second kappa shape index (κ2) is 11.2. The first-order chi connectivity index (χ1) is 19.7. The van der Waals surface area contributed by atoms with Gasteiger partial charge in [-0.1, -0.05) is 25.1 Å². The Hall–Kier alpha value is -3.28. The van der Waals surface area contributed by atoms with Gasteiger partial charge < -0.3 is 15.0 Å². The average molecular weight is 569 g/mol. The van der Waals surface area contributed by atoms with Gasteiger partial charge in [0.15, 0.2) is 0 Å². The van der Waals surface area contributed by atoms with Crippen LogP contribution in [0, 0.1) is 10.8 Å². The molecule has 218 valence electrons. The molecule has 1 N–H and O–H groups in total. The van der Waals surface area contributed by atoms with Crippen LogP contribution in [0.2, 0.25) is 0 Å². The summed E-state index contributed by atoms with van der Waals surface area (Å²) in [6, 6.07) is 16.1. The molecule has 3 aliphatic rings. The van der Waals surface area contributed by atoms with E-state index in [4.69, 9.17) is 9.72 Å². The molecule has 3 aliphatic heterocycles. The maximum absolute atomic E-state index is 13.3. The van der Waals surface area contributed by atoms with Crippen molar-refractivity contribution in [1.29, 1.82) is 0 Å². The summed E-state index contributed by atoms with van der Waals surface area (Å²) in [6.07, 6.45) is -3.04. The van der Waals surface area contributed by atoms with Gasteiger partial charge in [0.2, 0.25) is 0 Å². The van der Waals surface area contributed by atoms with E-state index in [1.807, 2.05) is 12.1 Å². The van der Waals surface area contributed by atoms with Crippen LogP contribution in [0.4, 0.5) is 30.4 Å². The van der Waals surface area contributed by atoms with Crippen LogP contribution in [0.15, 0.2) is 59.8 Å². The van der Waals surface area contributed by atoms with Crippen molar-refractivity contribution < 1.29 is 17.9 Å². The van der Waals surface area contributed by atoms with E-state index in [2.05, 4.69) is 56.4 Å². The largest absolute Gasteiger partial charge is 0.418 e. The molecule has 0 aliphatic carbocycles. The van der Waals surface area contributed by atoms with Gasteiger partial charge in [0.25, 0.3) is 0 Å². The fraction of sp³-hybridized carbons (Fsp3) is 0.500. The van der Waals surface area contributed by atoms with Crippen LogP contribution in [0.3, 0.4) is 0 Å². The average Bonchev–Trinajstić information content (AvgIpc) is 3.80. The topological polar surface area (TPSA) is 76.6 Å². The lowest BCUT2D eigenvalue weighted by atomic mass is 9.95. The summed E-state index contributed by atoms with van der Waals surface area (Å²) >= 11 is 0. The molecule has 0 spiro atoms. The third kappa shape index (κ3) is 5.89. The number of epoxide rings is 1. The van der Waals surface area contributed by atoms with E-state index >= 15 is 0 Å². The number of pyridine rings is 1. The maximum Gasteiger partial charge on any atom is 0.418 e. The summed E-state index contributed by atoms with van der Waals surface area (Å²) in [5, 5.41) is 6.91. The van der Waals surface area contributed by atoms with E-state index in [9.17, 15) is 18.1 Å². The van der Waals surface area contributed by atoms with Gasteiger partial charge in [-0.05, 0) is 54.4 Å². The van der Waals surface area contributed by atoms with Crippen LogP contribution in [-0.2, 0) is 10.9 Å². The van der Waals surface area contributed by atoms with Crippen molar-refractivity contribution in [2.24, 2.45) is 11.1 Å². The Morgan fingerprint density at radius 2 is 1.78 bits per heavy atom. The van der Waals surface area contributed by atoms with Gasteiger partial charge in [-0.25, -0.2) is 4.98 Å². The molecule has 2 unspecified atom stereocenters. The van der Waals surface area contributed by atoms with E-state index < -0.39 is 17.4 Å². The number of piperidine rings is 1. The first-order valence-electron chi connectivity index (χ1n) is 14.3. The Labute approximate surface area is 237 Å². The molecule has 8 nitrogen and oxygen atoms in total. The summed E-state index contributed by atoms with van der Waals surface area (Å²) in [5.74, 6) is 1.36. The molecule has 41 heavy (non-hydrogen) atoms. The molecule has 0 radical (unpaired) electrons. The van der Waals surface area contributed by atoms with Crippen LogP contribution >= 0.6 is 0 Å². The Balaban J connectivity index is 0.995. The molecule has 2 aromatic carbocycles. The number of nitrogens with one attached hydrogen (secondary N) is 1. The Bertz CT molecular complexity index is 1380. The molecule has 4 heterocycles. The van der Waals surface area contributed by atoms with Gasteiger partial charge in [0, 0.05) is 68.8 Å². The lowest BCUT2D eigenvalue weighted by molar-refractivity contribution is -0.137. The molecule has 3 aromatic rings. The second-order valence-electron chi connectivity index (χ2n) is 11.4. The van der Waals surface area contributed by atoms with Gasteiger partial charge in [0.05, 0.1) is 17.7 Å². The lowest BCUT2D eigenvalue weighted by Crippen LogP contribution is -2.54. The number of anilines is 2. The normalized spacial score (nSPS) is 23.5. The third-order valence-electron chi connectivity index (χ3n) is 8.82. The predicted molar refractivity (Wildman–Crippen MR) is 153 cm³/mol. The van der Waals surface area contributed by atoms with Gasteiger partial charge in [-0.2, -0.15) is 13.2 Å². The number of para-hydroxylation sites is 1. The van der Waals surface area contributed by atoms with E-state index in [0.717, 1.165) is 87.5 Å². The van der Waals surface area contributed by atoms with Crippen LogP contribution in [0.5, 0.6) is 0 Å². The van der Waals surface area contributed by atoms with Crippen LogP contribution in [0.25, 0.3) is 10.9 Å². The van der Waals surface area contributed by atoms with Crippen molar-refractivity contribution in [2.75, 3.05) is 62.6 Å². The lowest BCUT2D eigenvalue weighted by Gasteiger charge is -2.41. The van der Waals surface area contributed by atoms with Gasteiger partial charge in [0.1, 0.15) is 17.2 Å². The Kier molecular flexibility index (Phi) is 7.60. The number of hydrogen-bond acceptors (Lipinski definition) is 8. The van der Waals surface area contributed by atoms with Gasteiger partial charge in [-0.15, -0.1) is 4.91 Å². The SMILES string of the molecule is CC(CN1CCN(c2ccc3ccccc3n2)CC1)C1(N2CCC(Nc3ccc(N=O)c(C(F)(F)F)c3)CC2)CO1. The van der Waals surface area contributed by atoms with Crippen LogP contribution in [-0.4, -0.2) is 79.0 Å². The highest BCUT2D eigenvalue weighted by molar-refractivity contribution is 5.80. The Morgan fingerprint density at radius 1 is 1.05 bits per heavy atom. The fourth-order valence-corrected chi connectivity index (χ4v) is 6.34. The van der Waals surface area contributed by atoms with Crippen molar-refractivity contribution in [3.63, 3.8) is 0 Å². The highest BCUT2D eigenvalue weighted by Crippen LogP contribution is 2.42. The molecule has 3 saturated heterocycles.